The summed E-state index contributed by atoms with van der Waals surface area (Å²) in [6.45, 7) is 9.30. The fraction of sp³-hybridized carbons (Fsp3) is 0.632. The van der Waals surface area contributed by atoms with Crippen LogP contribution in [-0.4, -0.2) is 45.5 Å². The molecule has 0 spiro atoms. The lowest BCUT2D eigenvalue weighted by molar-refractivity contribution is -0.176. The van der Waals surface area contributed by atoms with Crippen LogP contribution >= 0.6 is 0 Å². The number of ether oxygens (including phenoxy) is 3. The van der Waals surface area contributed by atoms with E-state index in [0.29, 0.717) is 18.0 Å². The van der Waals surface area contributed by atoms with Gasteiger partial charge in [0.2, 0.25) is 0 Å². The minimum Gasteiger partial charge on any atom is -0.493 e. The average Bonchev–Trinajstić information content (AvgIpc) is 2.61. The molecule has 0 amide bonds. The maximum absolute atomic E-state index is 5.70. The first-order chi connectivity index (χ1) is 11.8. The molecule has 1 aliphatic rings. The maximum Gasteiger partial charge on any atom is 0.196 e. The van der Waals surface area contributed by atoms with E-state index in [2.05, 4.69) is 36.4 Å². The highest BCUT2D eigenvalue weighted by Crippen LogP contribution is 2.51. The summed E-state index contributed by atoms with van der Waals surface area (Å²) in [6, 6.07) is 6.01. The summed E-state index contributed by atoms with van der Waals surface area (Å²) in [6.07, 6.45) is 0.937. The van der Waals surface area contributed by atoms with Crippen molar-refractivity contribution in [3.8, 4) is 11.5 Å². The van der Waals surface area contributed by atoms with E-state index < -0.39 is 0 Å². The average molecular weight is 349 g/mol. The molecule has 0 heterocycles. The van der Waals surface area contributed by atoms with Gasteiger partial charge in [-0.15, -0.1) is 0 Å². The van der Waals surface area contributed by atoms with Gasteiger partial charge in [-0.3, -0.25) is 4.99 Å². The van der Waals surface area contributed by atoms with E-state index >= 15 is 0 Å². The van der Waals surface area contributed by atoms with Crippen molar-refractivity contribution in [2.75, 3.05) is 33.2 Å². The lowest BCUT2D eigenvalue weighted by Gasteiger charge is -2.59. The molecule has 1 aliphatic carbocycles. The van der Waals surface area contributed by atoms with Crippen LogP contribution in [0.25, 0.3) is 0 Å². The van der Waals surface area contributed by atoms with Gasteiger partial charge < -0.3 is 24.8 Å². The third kappa shape index (κ3) is 3.68. The third-order valence-corrected chi connectivity index (χ3v) is 5.55. The second-order valence-corrected chi connectivity index (χ2v) is 7.08. The van der Waals surface area contributed by atoms with Gasteiger partial charge in [-0.2, -0.15) is 0 Å². The van der Waals surface area contributed by atoms with Crippen molar-refractivity contribution in [2.45, 2.75) is 45.8 Å². The zero-order valence-corrected chi connectivity index (χ0v) is 16.4. The minimum atomic E-state index is -0.120. The van der Waals surface area contributed by atoms with E-state index in [1.165, 1.54) is 0 Å². The van der Waals surface area contributed by atoms with Crippen LogP contribution in [-0.2, 0) is 4.74 Å². The Labute approximate surface area is 151 Å². The van der Waals surface area contributed by atoms with Crippen LogP contribution in [0.1, 0.15) is 34.1 Å². The Morgan fingerprint density at radius 3 is 2.36 bits per heavy atom. The molecule has 0 radical (unpaired) electrons. The van der Waals surface area contributed by atoms with Gasteiger partial charge in [-0.1, -0.05) is 13.8 Å². The summed E-state index contributed by atoms with van der Waals surface area (Å²) in [5, 5.41) is 6.89. The van der Waals surface area contributed by atoms with Crippen molar-refractivity contribution in [2.24, 2.45) is 10.4 Å². The minimum absolute atomic E-state index is 0.00946. The zero-order valence-electron chi connectivity index (χ0n) is 16.4. The molecule has 140 valence electrons. The first-order valence-electron chi connectivity index (χ1n) is 8.66. The predicted molar refractivity (Wildman–Crippen MR) is 102 cm³/mol. The number of hydrogen-bond donors (Lipinski definition) is 2. The lowest BCUT2D eigenvalue weighted by Crippen LogP contribution is -2.69. The van der Waals surface area contributed by atoms with Crippen LogP contribution in [0.5, 0.6) is 11.5 Å². The standard InChI is InChI=1S/C19H31N3O3/c1-8-20-17(22-16-12-19(4,25-7)18(16,2)3)21-13-9-10-14(23-5)15(11-13)24-6/h9-11,16H,8,12H2,1-7H3,(H2,20,21,22). The van der Waals surface area contributed by atoms with Crippen LogP contribution in [0.2, 0.25) is 0 Å². The molecule has 1 aromatic carbocycles. The second kappa shape index (κ2) is 7.52. The van der Waals surface area contributed by atoms with Gasteiger partial charge in [0.15, 0.2) is 17.5 Å². The van der Waals surface area contributed by atoms with Crippen molar-refractivity contribution in [3.63, 3.8) is 0 Å². The van der Waals surface area contributed by atoms with Crippen LogP contribution < -0.4 is 20.1 Å². The van der Waals surface area contributed by atoms with Gasteiger partial charge in [-0.25, -0.2) is 0 Å². The molecular weight excluding hydrogens is 318 g/mol. The number of hydrogen-bond acceptors (Lipinski definition) is 4. The van der Waals surface area contributed by atoms with E-state index in [-0.39, 0.29) is 17.1 Å². The smallest absolute Gasteiger partial charge is 0.196 e. The number of aliphatic imine (C=N–C) groups is 1. The molecule has 1 aromatic rings. The van der Waals surface area contributed by atoms with Gasteiger partial charge in [0.05, 0.1) is 19.8 Å². The van der Waals surface area contributed by atoms with Crippen LogP contribution in [0.15, 0.2) is 23.2 Å². The molecule has 2 N–H and O–H groups in total. The number of nitrogens with one attached hydrogen (secondary N) is 2. The highest BCUT2D eigenvalue weighted by atomic mass is 16.5. The van der Waals surface area contributed by atoms with Crippen molar-refractivity contribution in [1.29, 1.82) is 0 Å². The first-order valence-corrected chi connectivity index (χ1v) is 8.66. The van der Waals surface area contributed by atoms with Crippen molar-refractivity contribution >= 4 is 11.6 Å². The van der Waals surface area contributed by atoms with Gasteiger partial charge >= 0.3 is 0 Å². The molecule has 25 heavy (non-hydrogen) atoms. The number of guanidine groups is 1. The fourth-order valence-electron chi connectivity index (χ4n) is 3.22. The number of nitrogens with zero attached hydrogens (tertiary/aromatic N) is 1. The van der Waals surface area contributed by atoms with Crippen molar-refractivity contribution in [3.05, 3.63) is 18.2 Å². The van der Waals surface area contributed by atoms with Crippen molar-refractivity contribution in [1.82, 2.24) is 5.32 Å². The molecule has 0 bridgehead atoms. The predicted octanol–water partition coefficient (Wildman–Crippen LogP) is 3.28. The Bertz CT molecular complexity index is 630. The second-order valence-electron chi connectivity index (χ2n) is 7.08. The molecular formula is C19H31N3O3. The molecule has 1 saturated carbocycles. The summed E-state index contributed by atoms with van der Waals surface area (Å²) < 4.78 is 16.4. The first kappa shape index (κ1) is 19.4. The molecule has 2 rings (SSSR count). The zero-order chi connectivity index (χ0) is 18.7. The monoisotopic (exact) mass is 349 g/mol. The highest BCUT2D eigenvalue weighted by molar-refractivity contribution is 5.94. The maximum atomic E-state index is 5.70. The van der Waals surface area contributed by atoms with E-state index in [1.54, 1.807) is 21.3 Å². The number of anilines is 1. The van der Waals surface area contributed by atoms with E-state index in [0.717, 1.165) is 18.1 Å². The molecule has 0 aliphatic heterocycles. The van der Waals surface area contributed by atoms with Crippen LogP contribution in [0.4, 0.5) is 5.69 Å². The molecule has 0 aromatic heterocycles. The lowest BCUT2D eigenvalue weighted by atomic mass is 9.56. The highest BCUT2D eigenvalue weighted by Gasteiger charge is 2.58. The number of rotatable bonds is 6. The molecule has 2 unspecified atom stereocenters. The SMILES string of the molecule is CCN=C(Nc1ccc(OC)c(OC)c1)NC1CC(C)(OC)C1(C)C. The Morgan fingerprint density at radius 2 is 1.84 bits per heavy atom. The molecule has 6 nitrogen and oxygen atoms in total. The van der Waals surface area contributed by atoms with Crippen molar-refractivity contribution < 1.29 is 14.2 Å². The summed E-state index contributed by atoms with van der Waals surface area (Å²) in [4.78, 5) is 4.56. The normalized spacial score (nSPS) is 25.1. The Kier molecular flexibility index (Phi) is 5.83. The quantitative estimate of drug-likeness (QED) is 0.609. The Morgan fingerprint density at radius 1 is 1.16 bits per heavy atom. The molecule has 1 fully saturated rings. The number of methoxy groups -OCH3 is 3. The summed E-state index contributed by atoms with van der Waals surface area (Å²) in [5.74, 6) is 2.14. The van der Waals surface area contributed by atoms with E-state index in [4.69, 9.17) is 14.2 Å². The Hall–Kier alpha value is -1.95. The number of benzene rings is 1. The summed E-state index contributed by atoms with van der Waals surface area (Å²) in [5.41, 5.74) is 0.782. The Balaban J connectivity index is 2.12. The van der Waals surface area contributed by atoms with Gasteiger partial charge in [0.25, 0.3) is 0 Å². The molecule has 2 atom stereocenters. The topological polar surface area (TPSA) is 64.1 Å². The van der Waals surface area contributed by atoms with Crippen LogP contribution in [0.3, 0.4) is 0 Å². The molecule has 6 heteroatoms. The molecule has 0 saturated heterocycles. The third-order valence-electron chi connectivity index (χ3n) is 5.55. The summed E-state index contributed by atoms with van der Waals surface area (Å²) >= 11 is 0. The largest absolute Gasteiger partial charge is 0.493 e. The summed E-state index contributed by atoms with van der Waals surface area (Å²) in [7, 11) is 5.03. The van der Waals surface area contributed by atoms with Gasteiger partial charge in [0, 0.05) is 36.9 Å². The van der Waals surface area contributed by atoms with Crippen LogP contribution in [0, 0.1) is 5.41 Å². The van der Waals surface area contributed by atoms with Gasteiger partial charge in [0.1, 0.15) is 0 Å². The van der Waals surface area contributed by atoms with E-state index in [1.807, 2.05) is 25.1 Å². The fourth-order valence-corrected chi connectivity index (χ4v) is 3.22. The van der Waals surface area contributed by atoms with Gasteiger partial charge in [-0.05, 0) is 32.4 Å². The van der Waals surface area contributed by atoms with E-state index in [9.17, 15) is 0 Å².